The molecule has 1 aromatic carbocycles. The van der Waals surface area contributed by atoms with Gasteiger partial charge >= 0.3 is 29.6 Å². The van der Waals surface area contributed by atoms with Crippen LogP contribution in [0.1, 0.15) is 115 Å². The largest absolute Gasteiger partial charge is 1.00 e. The van der Waals surface area contributed by atoms with Gasteiger partial charge in [0.15, 0.2) is 0 Å². The van der Waals surface area contributed by atoms with E-state index in [1.165, 1.54) is 6.42 Å². The molecule has 1 saturated carbocycles. The van der Waals surface area contributed by atoms with Gasteiger partial charge in [0.1, 0.15) is 5.69 Å². The minimum atomic E-state index is -0.193. The summed E-state index contributed by atoms with van der Waals surface area (Å²) < 4.78 is 0. The van der Waals surface area contributed by atoms with E-state index in [4.69, 9.17) is 0 Å². The zero-order valence-electron chi connectivity index (χ0n) is 31.2. The van der Waals surface area contributed by atoms with E-state index in [9.17, 15) is 9.59 Å². The molecule has 2 unspecified atom stereocenters. The number of aromatic nitrogens is 1. The molecule has 6 heteroatoms. The molecule has 1 aliphatic rings. The van der Waals surface area contributed by atoms with Crippen molar-refractivity contribution in [1.82, 2.24) is 15.6 Å². The van der Waals surface area contributed by atoms with Crippen molar-refractivity contribution in [2.45, 2.75) is 106 Å². The average molecular weight is 643 g/mol. The van der Waals surface area contributed by atoms with Crippen molar-refractivity contribution in [1.29, 1.82) is 0 Å². The number of hydrogen-bond donors (Lipinski definition) is 2. The maximum absolute atomic E-state index is 12.4. The number of carbonyl (C=O) groups excluding carboxylic acids is 2. The molecule has 1 aromatic heterocycles. The van der Waals surface area contributed by atoms with Crippen LogP contribution in [-0.2, 0) is 0 Å². The molecule has 1 aliphatic carbocycles. The summed E-state index contributed by atoms with van der Waals surface area (Å²) in [6.07, 6.45) is 18.3. The normalized spacial score (nSPS) is 15.5. The topological polar surface area (TPSA) is 71.1 Å². The van der Waals surface area contributed by atoms with Crippen LogP contribution in [0.25, 0.3) is 0 Å². The van der Waals surface area contributed by atoms with Crippen LogP contribution < -0.4 is 40.2 Å². The molecule has 1 fully saturated rings. The van der Waals surface area contributed by atoms with Gasteiger partial charge in [-0.2, -0.15) is 0 Å². The second kappa shape index (κ2) is 32.5. The molecule has 5 nitrogen and oxygen atoms in total. The minimum Gasteiger partial charge on any atom is -0.358 e. The van der Waals surface area contributed by atoms with Crippen LogP contribution in [0.2, 0.25) is 0 Å². The monoisotopic (exact) mass is 642 g/mol. The molecular formula is C40H65N3NaO2-. The summed E-state index contributed by atoms with van der Waals surface area (Å²) in [5.41, 5.74) is 1.04. The van der Waals surface area contributed by atoms with Gasteiger partial charge in [0, 0.05) is 23.8 Å². The molecule has 2 aromatic rings. The van der Waals surface area contributed by atoms with Gasteiger partial charge < -0.3 is 25.5 Å². The Bertz CT molecular complexity index is 991. The van der Waals surface area contributed by atoms with Crippen molar-refractivity contribution in [3.63, 3.8) is 0 Å². The number of pyridine rings is 1. The van der Waals surface area contributed by atoms with Crippen LogP contribution in [0.3, 0.4) is 0 Å². The van der Waals surface area contributed by atoms with E-state index < -0.39 is 0 Å². The second-order valence-corrected chi connectivity index (χ2v) is 11.5. The summed E-state index contributed by atoms with van der Waals surface area (Å²) in [6, 6.07) is 14.3. The van der Waals surface area contributed by atoms with E-state index in [2.05, 4.69) is 95.0 Å². The fraction of sp³-hybridized carbons (Fsp3) is 0.475. The zero-order chi connectivity index (χ0) is 32.5. The van der Waals surface area contributed by atoms with Gasteiger partial charge in [-0.3, -0.25) is 14.6 Å². The Morgan fingerprint density at radius 2 is 1.37 bits per heavy atom. The van der Waals surface area contributed by atoms with Gasteiger partial charge in [-0.1, -0.05) is 109 Å². The van der Waals surface area contributed by atoms with E-state index in [1.807, 2.05) is 31.2 Å². The van der Waals surface area contributed by atoms with Crippen LogP contribution in [-0.4, -0.2) is 28.9 Å². The first kappa shape index (κ1) is 50.4. The van der Waals surface area contributed by atoms with Crippen molar-refractivity contribution in [3.8, 4) is 0 Å². The molecule has 2 N–H and O–H groups in total. The molecule has 254 valence electrons. The standard InChI is InChI=1S/C19H21N3O2.2C7H14.C5H10.2CH3.Na/c23-18(14-8-2-1-3-9-14)21-15-10-4-5-11-16(15)22-19(24)17-12-6-7-13-20-17;1-5-7(4)6(2)3;1-4-5-6-7(2)3;1-3-5-4-2;;;/h1-3,6-9,12-13,15-16H,4-5,10-11H2,(H,21,23)(H,22,24);5-7H,1H2,2-4H3;4-5,7H,6H2,1-3H3;3,5H,4H2,1-2H3;2*1H3;/q;;;;2*-1;+1/b;;5-4+;5-3+;;;/t;7-;;;;;/m.1...../s1. The molecule has 3 rings (SSSR count). The summed E-state index contributed by atoms with van der Waals surface area (Å²) in [6.45, 7) is 20.9. The molecule has 0 saturated heterocycles. The summed E-state index contributed by atoms with van der Waals surface area (Å²) in [5.74, 6) is 1.94. The molecule has 0 aliphatic heterocycles. The van der Waals surface area contributed by atoms with Gasteiger partial charge in [-0.05, 0) is 81.5 Å². The number of nitrogens with zero attached hydrogens (tertiary/aromatic N) is 1. The van der Waals surface area contributed by atoms with Crippen molar-refractivity contribution in [3.05, 3.63) is 118 Å². The SMILES string of the molecule is C/C=C/CC.C/C=C/CC(C)C.C=C[C@@H](C)C(C)C.O=C(NC1CCCCC1NC(=O)c1ccccn1)c1ccccc1.[CH3-].[CH3-].[Na+]. The van der Waals surface area contributed by atoms with Crippen molar-refractivity contribution in [2.24, 2.45) is 17.8 Å². The van der Waals surface area contributed by atoms with Crippen LogP contribution >= 0.6 is 0 Å². The first-order chi connectivity index (χ1) is 20.6. The van der Waals surface area contributed by atoms with Gasteiger partial charge in [-0.15, -0.1) is 6.58 Å². The second-order valence-electron chi connectivity index (χ2n) is 11.5. The molecule has 0 bridgehead atoms. The number of nitrogens with one attached hydrogen (secondary N) is 2. The zero-order valence-corrected chi connectivity index (χ0v) is 33.2. The summed E-state index contributed by atoms with van der Waals surface area (Å²) in [4.78, 5) is 28.8. The molecule has 3 atom stereocenters. The summed E-state index contributed by atoms with van der Waals surface area (Å²) in [7, 11) is 0. The van der Waals surface area contributed by atoms with Gasteiger partial charge in [0.2, 0.25) is 0 Å². The maximum atomic E-state index is 12.4. The smallest absolute Gasteiger partial charge is 0.358 e. The first-order valence-corrected chi connectivity index (χ1v) is 16.0. The number of hydrogen-bond acceptors (Lipinski definition) is 3. The predicted molar refractivity (Wildman–Crippen MR) is 198 cm³/mol. The third kappa shape index (κ3) is 24.7. The quantitative estimate of drug-likeness (QED) is 0.169. The van der Waals surface area contributed by atoms with Crippen molar-refractivity contribution >= 4 is 11.8 Å². The molecule has 1 heterocycles. The van der Waals surface area contributed by atoms with Crippen LogP contribution in [0, 0.1) is 32.6 Å². The number of rotatable bonds is 9. The van der Waals surface area contributed by atoms with Crippen LogP contribution in [0.15, 0.2) is 91.7 Å². The molecule has 0 radical (unpaired) electrons. The fourth-order valence-corrected chi connectivity index (χ4v) is 3.97. The Kier molecular flexibility index (Phi) is 35.6. The van der Waals surface area contributed by atoms with Crippen LogP contribution in [0.5, 0.6) is 0 Å². The molecule has 46 heavy (non-hydrogen) atoms. The third-order valence-corrected chi connectivity index (χ3v) is 7.07. The van der Waals surface area contributed by atoms with E-state index in [-0.39, 0.29) is 68.3 Å². The Morgan fingerprint density at radius 3 is 1.72 bits per heavy atom. The van der Waals surface area contributed by atoms with Crippen molar-refractivity contribution in [2.75, 3.05) is 0 Å². The first-order valence-electron chi connectivity index (χ1n) is 16.0. The van der Waals surface area contributed by atoms with Gasteiger partial charge in [0.05, 0.1) is 0 Å². The Balaban J connectivity index is -0.000000333. The maximum Gasteiger partial charge on any atom is 1.00 e. The average Bonchev–Trinajstić information content (AvgIpc) is 3.02. The third-order valence-electron chi connectivity index (χ3n) is 7.07. The van der Waals surface area contributed by atoms with E-state index in [0.29, 0.717) is 17.2 Å². The number of amides is 2. The number of benzene rings is 1. The Labute approximate surface area is 306 Å². The number of allylic oxidation sites excluding steroid dienone is 5. The molecular weight excluding hydrogens is 577 g/mol. The van der Waals surface area contributed by atoms with E-state index in [1.54, 1.807) is 36.5 Å². The molecule has 2 amide bonds. The van der Waals surface area contributed by atoms with Crippen LogP contribution in [0.4, 0.5) is 0 Å². The molecule has 0 spiro atoms. The fourth-order valence-electron chi connectivity index (χ4n) is 3.97. The number of carbonyl (C=O) groups is 2. The Morgan fingerprint density at radius 1 is 0.848 bits per heavy atom. The van der Waals surface area contributed by atoms with Crippen molar-refractivity contribution < 1.29 is 39.1 Å². The summed E-state index contributed by atoms with van der Waals surface area (Å²) >= 11 is 0. The minimum absolute atomic E-state index is 0. The van der Waals surface area contributed by atoms with Gasteiger partial charge in [0.25, 0.3) is 11.8 Å². The predicted octanol–water partition coefficient (Wildman–Crippen LogP) is 7.50. The Hall–Kier alpha value is -2.47. The van der Waals surface area contributed by atoms with Gasteiger partial charge in [-0.25, -0.2) is 0 Å². The van der Waals surface area contributed by atoms with E-state index in [0.717, 1.165) is 43.9 Å². The summed E-state index contributed by atoms with van der Waals surface area (Å²) in [5, 5.41) is 6.09. The van der Waals surface area contributed by atoms with E-state index >= 15 is 0 Å².